The van der Waals surface area contributed by atoms with Crippen molar-refractivity contribution in [3.8, 4) is 0 Å². The average molecular weight is 568 g/mol. The van der Waals surface area contributed by atoms with Gasteiger partial charge < -0.3 is 0 Å². The molecule has 1 heterocycles. The van der Waals surface area contributed by atoms with Gasteiger partial charge in [0, 0.05) is 0 Å². The van der Waals surface area contributed by atoms with Crippen LogP contribution in [-0.2, 0) is 9.47 Å². The highest BCUT2D eigenvalue weighted by Crippen LogP contribution is 2.49. The van der Waals surface area contributed by atoms with Gasteiger partial charge in [-0.25, -0.2) is 18.3 Å². The lowest BCUT2D eigenvalue weighted by molar-refractivity contribution is -0.411. The summed E-state index contributed by atoms with van der Waals surface area (Å²) in [4.78, 5) is 0. The minimum atomic E-state index is -5.57. The molecule has 0 radical (unpaired) electrons. The van der Waals surface area contributed by atoms with Crippen molar-refractivity contribution in [1.82, 2.24) is 0 Å². The molecule has 0 spiro atoms. The quantitative estimate of drug-likeness (QED) is 0.317. The maximum atomic E-state index is 12.4. The molecule has 0 bridgehead atoms. The first kappa shape index (κ1) is 37.7. The summed E-state index contributed by atoms with van der Waals surface area (Å²) in [5.41, 5.74) is 0. The van der Waals surface area contributed by atoms with Crippen LogP contribution in [0.5, 0.6) is 0 Å². The molecule has 20 heteroatoms. The van der Waals surface area contributed by atoms with Crippen molar-refractivity contribution < 1.29 is 88.5 Å². The Bertz CT molecular complexity index is 664. The minimum absolute atomic E-state index is 0.250. The van der Waals surface area contributed by atoms with Crippen molar-refractivity contribution in [2.24, 2.45) is 5.92 Å². The van der Waals surface area contributed by atoms with Crippen LogP contribution < -0.4 is 0 Å². The summed E-state index contributed by atoms with van der Waals surface area (Å²) >= 11 is 0. The molecule has 0 amide bonds. The van der Waals surface area contributed by atoms with E-state index in [1.54, 1.807) is 0 Å². The molecule has 0 aliphatic carbocycles. The zero-order valence-electron chi connectivity index (χ0n) is 16.9. The van der Waals surface area contributed by atoms with Crippen molar-refractivity contribution in [3.05, 3.63) is 24.3 Å². The summed E-state index contributed by atoms with van der Waals surface area (Å²) in [6.45, 7) is 3.16. The number of halogens is 18. The molecule has 1 aliphatic rings. The van der Waals surface area contributed by atoms with Crippen LogP contribution in [0.2, 0.25) is 0 Å². The molecular weight excluding hydrogens is 554 g/mol. The highest BCUT2D eigenvalue weighted by molar-refractivity contribution is 5.10. The Morgan fingerprint density at radius 1 is 0.971 bits per heavy atom. The van der Waals surface area contributed by atoms with Gasteiger partial charge in [-0.3, -0.25) is 8.78 Å². The Kier molecular flexibility index (Phi) is 14.5. The third-order valence-corrected chi connectivity index (χ3v) is 2.57. The van der Waals surface area contributed by atoms with Crippen LogP contribution in [-0.4, -0.2) is 50.6 Å². The highest BCUT2D eigenvalue weighted by Gasteiger charge is 2.64. The maximum Gasteiger partial charge on any atom is 0.413 e. The van der Waals surface area contributed by atoms with Gasteiger partial charge in [0.25, 0.3) is 0 Å². The Labute approximate surface area is 184 Å². The molecule has 0 fully saturated rings. The number of alkyl halides is 16. The van der Waals surface area contributed by atoms with E-state index in [-0.39, 0.29) is 6.67 Å². The molecule has 2 nitrogen and oxygen atoms in total. The van der Waals surface area contributed by atoms with Crippen molar-refractivity contribution >= 4 is 0 Å². The summed E-state index contributed by atoms with van der Waals surface area (Å²) < 4.78 is 216. The van der Waals surface area contributed by atoms with Gasteiger partial charge in [0.05, 0.1) is 13.9 Å². The fourth-order valence-corrected chi connectivity index (χ4v) is 1.42. The molecule has 0 aromatic rings. The Balaban J connectivity index is -0.000000494. The summed E-state index contributed by atoms with van der Waals surface area (Å²) in [5.74, 6) is -9.01. The zero-order chi connectivity index (χ0) is 29.3. The van der Waals surface area contributed by atoms with Gasteiger partial charge in [0.2, 0.25) is 0 Å². The Morgan fingerprint density at radius 3 is 1.63 bits per heavy atom. The van der Waals surface area contributed by atoms with E-state index in [1.165, 1.54) is 6.92 Å². The number of hydrogen-bond donors (Lipinski definition) is 0. The second kappa shape index (κ2) is 13.4. The number of rotatable bonds is 4. The van der Waals surface area contributed by atoms with Gasteiger partial charge >= 0.3 is 36.8 Å². The van der Waals surface area contributed by atoms with Gasteiger partial charge in [0.15, 0.2) is 17.6 Å². The van der Waals surface area contributed by atoms with E-state index in [1.807, 2.05) is 6.58 Å². The summed E-state index contributed by atoms with van der Waals surface area (Å²) in [5, 5.41) is 0. The SMILES string of the molecule is C=C(F)C(F)(F)OC(F)(F)CC(F)(F)F.CCF.CF.FC1=CC(C(F)(F)F)C(F)(F)OC1(F)F. The van der Waals surface area contributed by atoms with Crippen molar-refractivity contribution in [3.63, 3.8) is 0 Å². The van der Waals surface area contributed by atoms with Crippen LogP contribution in [0.3, 0.4) is 0 Å². The molecule has 1 rings (SSSR count). The van der Waals surface area contributed by atoms with Gasteiger partial charge in [0.1, 0.15) is 6.42 Å². The second-order valence-electron chi connectivity index (χ2n) is 5.43. The molecule has 1 unspecified atom stereocenters. The first-order chi connectivity index (χ1) is 15.2. The van der Waals surface area contributed by atoms with Crippen molar-refractivity contribution in [2.75, 3.05) is 13.9 Å². The summed E-state index contributed by atoms with van der Waals surface area (Å²) in [6.07, 6.45) is -35.4. The van der Waals surface area contributed by atoms with E-state index in [9.17, 15) is 79.0 Å². The lowest BCUT2D eigenvalue weighted by Gasteiger charge is -2.32. The summed E-state index contributed by atoms with van der Waals surface area (Å²) in [6, 6.07) is 0. The average Bonchev–Trinajstić information content (AvgIpc) is 2.56. The van der Waals surface area contributed by atoms with Crippen LogP contribution in [0.15, 0.2) is 24.3 Å². The third kappa shape index (κ3) is 15.0. The fraction of sp³-hybridized carbons (Fsp3) is 0.733. The Morgan fingerprint density at radius 2 is 1.34 bits per heavy atom. The second-order valence-corrected chi connectivity index (χ2v) is 5.43. The van der Waals surface area contributed by atoms with E-state index < -0.39 is 66.9 Å². The van der Waals surface area contributed by atoms with Crippen LogP contribution in [0.25, 0.3) is 0 Å². The molecular formula is C15H14F18O2. The molecule has 0 N–H and O–H groups in total. The van der Waals surface area contributed by atoms with Crippen molar-refractivity contribution in [1.29, 1.82) is 0 Å². The van der Waals surface area contributed by atoms with Crippen LogP contribution in [0.1, 0.15) is 13.3 Å². The number of hydrogen-bond acceptors (Lipinski definition) is 2. The predicted octanol–water partition coefficient (Wildman–Crippen LogP) is 8.42. The van der Waals surface area contributed by atoms with Crippen LogP contribution >= 0.6 is 0 Å². The minimum Gasteiger partial charge on any atom is -0.255 e. The van der Waals surface area contributed by atoms with Gasteiger partial charge in [-0.15, -0.1) is 0 Å². The predicted molar refractivity (Wildman–Crippen MR) is 80.3 cm³/mol. The molecule has 0 aromatic heterocycles. The first-order valence-corrected chi connectivity index (χ1v) is 7.95. The monoisotopic (exact) mass is 568 g/mol. The fourth-order valence-electron chi connectivity index (χ4n) is 1.42. The first-order valence-electron chi connectivity index (χ1n) is 7.95. The standard InChI is InChI=1S/C6H2F8O.C6H4F8O.C2H5F.CH3F/c7-3-1-2(4(8,9)10)5(11,12)15-6(3,13)14;1-3(7)6(13,14)15-5(11,12)2-4(8,9)10;1-2-3;1-2/h1-2H;1-2H2;2H2,1H3;1H3. The molecule has 0 saturated carbocycles. The van der Waals surface area contributed by atoms with Crippen molar-refractivity contribution in [2.45, 2.75) is 50.1 Å². The summed E-state index contributed by atoms with van der Waals surface area (Å²) in [7, 11) is 0.500. The lowest BCUT2D eigenvalue weighted by Crippen LogP contribution is -2.48. The van der Waals surface area contributed by atoms with E-state index in [2.05, 4.69) is 9.47 Å². The molecule has 212 valence electrons. The van der Waals surface area contributed by atoms with Crippen LogP contribution in [0.4, 0.5) is 79.0 Å². The smallest absolute Gasteiger partial charge is 0.255 e. The van der Waals surface area contributed by atoms with Gasteiger partial charge in [-0.05, 0) is 13.0 Å². The van der Waals surface area contributed by atoms with E-state index in [0.717, 1.165) is 0 Å². The molecule has 0 aromatic carbocycles. The van der Waals surface area contributed by atoms with Gasteiger partial charge in [-0.2, -0.15) is 61.5 Å². The zero-order valence-corrected chi connectivity index (χ0v) is 16.9. The van der Waals surface area contributed by atoms with E-state index in [4.69, 9.17) is 0 Å². The largest absolute Gasteiger partial charge is 0.413 e. The maximum absolute atomic E-state index is 12.4. The highest BCUT2D eigenvalue weighted by atomic mass is 19.4. The van der Waals surface area contributed by atoms with E-state index >= 15 is 0 Å². The normalized spacial score (nSPS) is 19.5. The molecule has 1 atom stereocenters. The lowest BCUT2D eigenvalue weighted by atomic mass is 10.1. The molecule has 1 aliphatic heterocycles. The van der Waals surface area contributed by atoms with E-state index in [0.29, 0.717) is 7.18 Å². The Hall–Kier alpha value is -1.86. The topological polar surface area (TPSA) is 18.5 Å². The molecule has 0 saturated heterocycles. The molecule has 35 heavy (non-hydrogen) atoms. The van der Waals surface area contributed by atoms with Crippen LogP contribution in [0, 0.1) is 5.92 Å². The third-order valence-electron chi connectivity index (χ3n) is 2.57. The number of ether oxygens (including phenoxy) is 2. The van der Waals surface area contributed by atoms with Gasteiger partial charge in [-0.1, -0.05) is 6.58 Å².